The highest BCUT2D eigenvalue weighted by atomic mass is 35.5. The van der Waals surface area contributed by atoms with E-state index in [4.69, 9.17) is 21.1 Å². The lowest BCUT2D eigenvalue weighted by molar-refractivity contribution is -0.0936. The summed E-state index contributed by atoms with van der Waals surface area (Å²) >= 11 is 5.95. The van der Waals surface area contributed by atoms with Gasteiger partial charge in [-0.2, -0.15) is 0 Å². The largest absolute Gasteiger partial charge is 0.354 e. The van der Waals surface area contributed by atoms with E-state index < -0.39 is 0 Å². The first-order valence-corrected chi connectivity index (χ1v) is 4.95. The molecule has 0 aromatic heterocycles. The van der Waals surface area contributed by atoms with Gasteiger partial charge in [-0.3, -0.25) is 4.99 Å². The molecule has 1 aromatic carbocycles. The van der Waals surface area contributed by atoms with Crippen molar-refractivity contribution in [1.29, 1.82) is 0 Å². The van der Waals surface area contributed by atoms with Gasteiger partial charge in [-0.1, -0.05) is 29.8 Å². The van der Waals surface area contributed by atoms with Crippen molar-refractivity contribution in [3.63, 3.8) is 0 Å². The maximum absolute atomic E-state index is 5.95. The van der Waals surface area contributed by atoms with E-state index in [0.29, 0.717) is 11.6 Å². The van der Waals surface area contributed by atoms with Gasteiger partial charge in [0.15, 0.2) is 6.29 Å². The number of hydrogen-bond donors (Lipinski definition) is 0. The molecule has 0 aliphatic rings. The van der Waals surface area contributed by atoms with Crippen molar-refractivity contribution in [2.45, 2.75) is 6.29 Å². The van der Waals surface area contributed by atoms with Crippen molar-refractivity contribution in [3.05, 3.63) is 34.9 Å². The van der Waals surface area contributed by atoms with E-state index >= 15 is 0 Å². The summed E-state index contributed by atoms with van der Waals surface area (Å²) < 4.78 is 10.00. The maximum Gasteiger partial charge on any atom is 0.176 e. The Kier molecular flexibility index (Phi) is 5.32. The molecule has 0 heterocycles. The average Bonchev–Trinajstić information content (AvgIpc) is 2.27. The highest BCUT2D eigenvalue weighted by Gasteiger charge is 2.01. The summed E-state index contributed by atoms with van der Waals surface area (Å²) in [6, 6.07) is 7.53. The minimum atomic E-state index is -0.302. The van der Waals surface area contributed by atoms with Gasteiger partial charge in [0.05, 0.1) is 6.54 Å². The summed E-state index contributed by atoms with van der Waals surface area (Å²) in [6.45, 7) is 0.457. The average molecular weight is 228 g/mol. The van der Waals surface area contributed by atoms with Gasteiger partial charge in [-0.15, -0.1) is 0 Å². The van der Waals surface area contributed by atoms with Crippen LogP contribution in [0.2, 0.25) is 5.02 Å². The Morgan fingerprint density at radius 1 is 1.33 bits per heavy atom. The number of methoxy groups -OCH3 is 2. The summed E-state index contributed by atoms with van der Waals surface area (Å²) in [6.07, 6.45) is 1.41. The summed E-state index contributed by atoms with van der Waals surface area (Å²) in [5.74, 6) is 0. The highest BCUT2D eigenvalue weighted by molar-refractivity contribution is 6.33. The minimum absolute atomic E-state index is 0.302. The van der Waals surface area contributed by atoms with Gasteiger partial charge in [0.25, 0.3) is 0 Å². The van der Waals surface area contributed by atoms with Gasteiger partial charge in [-0.25, -0.2) is 0 Å². The van der Waals surface area contributed by atoms with E-state index in [-0.39, 0.29) is 6.29 Å². The second-order valence-corrected chi connectivity index (χ2v) is 3.32. The number of hydrogen-bond acceptors (Lipinski definition) is 3. The lowest BCUT2D eigenvalue weighted by atomic mass is 10.2. The van der Waals surface area contributed by atoms with Crippen molar-refractivity contribution in [1.82, 2.24) is 0 Å². The van der Waals surface area contributed by atoms with Gasteiger partial charge < -0.3 is 9.47 Å². The molecule has 0 amide bonds. The molecule has 1 rings (SSSR count). The summed E-state index contributed by atoms with van der Waals surface area (Å²) in [7, 11) is 3.17. The Hall–Kier alpha value is -0.900. The van der Waals surface area contributed by atoms with Crippen LogP contribution in [0.25, 0.3) is 0 Å². The first-order chi connectivity index (χ1) is 7.27. The number of ether oxygens (including phenoxy) is 2. The minimum Gasteiger partial charge on any atom is -0.354 e. The van der Waals surface area contributed by atoms with E-state index in [2.05, 4.69) is 4.99 Å². The molecular weight excluding hydrogens is 214 g/mol. The molecule has 0 unspecified atom stereocenters. The zero-order valence-electron chi connectivity index (χ0n) is 8.81. The first kappa shape index (κ1) is 12.2. The molecule has 0 aliphatic heterocycles. The van der Waals surface area contributed by atoms with Crippen LogP contribution in [0.5, 0.6) is 0 Å². The topological polar surface area (TPSA) is 30.8 Å². The zero-order chi connectivity index (χ0) is 11.1. The van der Waals surface area contributed by atoms with E-state index in [1.54, 1.807) is 20.4 Å². The number of halogens is 1. The molecule has 0 N–H and O–H groups in total. The first-order valence-electron chi connectivity index (χ1n) is 4.58. The quantitative estimate of drug-likeness (QED) is 0.571. The Balaban J connectivity index is 2.54. The molecule has 0 saturated carbocycles. The lowest BCUT2D eigenvalue weighted by Crippen LogP contribution is -2.16. The predicted molar refractivity (Wildman–Crippen MR) is 61.7 cm³/mol. The van der Waals surface area contributed by atoms with E-state index in [9.17, 15) is 0 Å². The second kappa shape index (κ2) is 6.56. The molecule has 0 atom stereocenters. The SMILES string of the molecule is COC(CN=Cc1ccccc1Cl)OC. The fourth-order valence-corrected chi connectivity index (χ4v) is 1.25. The molecular formula is C11H14ClNO2. The van der Waals surface area contributed by atoms with Crippen molar-refractivity contribution in [2.24, 2.45) is 4.99 Å². The molecule has 0 spiro atoms. The maximum atomic E-state index is 5.95. The summed E-state index contributed by atoms with van der Waals surface area (Å²) in [5.41, 5.74) is 0.894. The molecule has 0 fully saturated rings. The van der Waals surface area contributed by atoms with Crippen LogP contribution in [0, 0.1) is 0 Å². The fourth-order valence-electron chi connectivity index (χ4n) is 1.06. The molecule has 1 aromatic rings. The van der Waals surface area contributed by atoms with Crippen molar-refractivity contribution in [3.8, 4) is 0 Å². The fraction of sp³-hybridized carbons (Fsp3) is 0.364. The Labute approximate surface area is 94.7 Å². The second-order valence-electron chi connectivity index (χ2n) is 2.92. The third-order valence-electron chi connectivity index (χ3n) is 1.92. The smallest absolute Gasteiger partial charge is 0.176 e. The van der Waals surface area contributed by atoms with Crippen molar-refractivity contribution < 1.29 is 9.47 Å². The predicted octanol–water partition coefficient (Wildman–Crippen LogP) is 2.38. The molecule has 3 nitrogen and oxygen atoms in total. The molecule has 0 bridgehead atoms. The standard InChI is InChI=1S/C11H14ClNO2/c1-14-11(15-2)8-13-7-9-5-3-4-6-10(9)12/h3-7,11H,8H2,1-2H3. The lowest BCUT2D eigenvalue weighted by Gasteiger charge is -2.09. The van der Waals surface area contributed by atoms with Gasteiger partial charge in [0.1, 0.15) is 0 Å². The van der Waals surface area contributed by atoms with Gasteiger partial charge in [0.2, 0.25) is 0 Å². The van der Waals surface area contributed by atoms with Crippen LogP contribution in [0.3, 0.4) is 0 Å². The third kappa shape index (κ3) is 4.00. The van der Waals surface area contributed by atoms with Gasteiger partial charge in [0, 0.05) is 31.0 Å². The normalized spacial score (nSPS) is 11.5. The summed E-state index contributed by atoms with van der Waals surface area (Å²) in [4.78, 5) is 4.18. The number of rotatable bonds is 5. The molecule has 82 valence electrons. The van der Waals surface area contributed by atoms with Crippen LogP contribution in [0.15, 0.2) is 29.3 Å². The van der Waals surface area contributed by atoms with E-state index in [1.807, 2.05) is 24.3 Å². The van der Waals surface area contributed by atoms with Gasteiger partial charge >= 0.3 is 0 Å². The van der Waals surface area contributed by atoms with Crippen LogP contribution in [0.1, 0.15) is 5.56 Å². The van der Waals surface area contributed by atoms with Crippen molar-refractivity contribution in [2.75, 3.05) is 20.8 Å². The molecule has 0 radical (unpaired) electrons. The van der Waals surface area contributed by atoms with Gasteiger partial charge in [-0.05, 0) is 6.07 Å². The zero-order valence-corrected chi connectivity index (χ0v) is 9.57. The van der Waals surface area contributed by atoms with Crippen LogP contribution in [-0.2, 0) is 9.47 Å². The Bertz CT molecular complexity index is 324. The van der Waals surface area contributed by atoms with Crippen LogP contribution < -0.4 is 0 Å². The monoisotopic (exact) mass is 227 g/mol. The molecule has 0 saturated heterocycles. The third-order valence-corrected chi connectivity index (χ3v) is 2.26. The molecule has 4 heteroatoms. The van der Waals surface area contributed by atoms with Crippen LogP contribution in [-0.4, -0.2) is 33.3 Å². The number of benzene rings is 1. The van der Waals surface area contributed by atoms with Crippen LogP contribution in [0.4, 0.5) is 0 Å². The Morgan fingerprint density at radius 3 is 2.60 bits per heavy atom. The van der Waals surface area contributed by atoms with Crippen LogP contribution >= 0.6 is 11.6 Å². The number of nitrogens with zero attached hydrogens (tertiary/aromatic N) is 1. The summed E-state index contributed by atoms with van der Waals surface area (Å²) in [5, 5.41) is 0.688. The molecule has 15 heavy (non-hydrogen) atoms. The van der Waals surface area contributed by atoms with E-state index in [0.717, 1.165) is 5.56 Å². The number of aliphatic imine (C=N–C) groups is 1. The highest BCUT2D eigenvalue weighted by Crippen LogP contribution is 2.12. The van der Waals surface area contributed by atoms with Crippen molar-refractivity contribution >= 4 is 17.8 Å². The molecule has 0 aliphatic carbocycles. The van der Waals surface area contributed by atoms with E-state index in [1.165, 1.54) is 0 Å². The Morgan fingerprint density at radius 2 is 2.00 bits per heavy atom.